The summed E-state index contributed by atoms with van der Waals surface area (Å²) in [6, 6.07) is 3.72. The molecule has 1 heterocycles. The van der Waals surface area contributed by atoms with Crippen molar-refractivity contribution in [3.05, 3.63) is 29.8 Å². The predicted octanol–water partition coefficient (Wildman–Crippen LogP) is 0.0248. The van der Waals surface area contributed by atoms with Crippen LogP contribution in [-0.2, 0) is 44.8 Å². The van der Waals surface area contributed by atoms with E-state index in [2.05, 4.69) is 21.3 Å². The van der Waals surface area contributed by atoms with Crippen LogP contribution in [0, 0.1) is 11.8 Å². The van der Waals surface area contributed by atoms with Crippen LogP contribution in [0.3, 0.4) is 0 Å². The van der Waals surface area contributed by atoms with E-state index in [1.807, 2.05) is 6.92 Å². The summed E-state index contributed by atoms with van der Waals surface area (Å²) < 4.78 is 15.6. The first-order chi connectivity index (χ1) is 22.9. The zero-order chi connectivity index (χ0) is 35.6. The Kier molecular flexibility index (Phi) is 17.3. The number of nitrogens with two attached hydrogens (primary N) is 1. The Balaban J connectivity index is 1.82. The zero-order valence-corrected chi connectivity index (χ0v) is 28.1. The maximum Gasteiger partial charge on any atom is 0.312 e. The van der Waals surface area contributed by atoms with E-state index in [0.29, 0.717) is 37.1 Å². The molecule has 1 aromatic rings. The molecule has 6 amide bonds. The highest BCUT2D eigenvalue weighted by Gasteiger charge is 2.33. The van der Waals surface area contributed by atoms with Crippen molar-refractivity contribution in [3.63, 3.8) is 0 Å². The quantitative estimate of drug-likeness (QED) is 0.0849. The van der Waals surface area contributed by atoms with Crippen molar-refractivity contribution in [1.29, 1.82) is 0 Å². The van der Waals surface area contributed by atoms with Crippen LogP contribution >= 0.6 is 0 Å². The van der Waals surface area contributed by atoms with Crippen molar-refractivity contribution < 1.29 is 48.1 Å². The van der Waals surface area contributed by atoms with Gasteiger partial charge >= 0.3 is 12.0 Å². The smallest absolute Gasteiger partial charge is 0.312 e. The molecule has 0 saturated carbocycles. The molecule has 2 rings (SSSR count). The Bertz CT molecular complexity index is 1230. The number of aliphatic hydroxyl groups is 1. The number of amides is 6. The standard InChI is InChI=1S/C32H50N6O10/c1-20(2)28(30(43)36-25(6-5-12-34-32(33)45)29(42)35-24-9-7-22(17-39)8-10-24)37-26(40)18-47-14-15-48-19-27(41)38-13-11-23(16-21(38)3)31(44)46-4/h7-10,20-21,23,25,28,39H,5-6,11-19H2,1-4H3,(H,35,42)(H,36,43)(H,37,40)(H3,33,34,45)/t21?,23?,25-,28-/m0/s1. The van der Waals surface area contributed by atoms with Crippen molar-refractivity contribution >= 4 is 41.3 Å². The van der Waals surface area contributed by atoms with E-state index >= 15 is 0 Å². The van der Waals surface area contributed by atoms with Gasteiger partial charge in [-0.15, -0.1) is 0 Å². The number of nitrogens with zero attached hydrogens (tertiary/aromatic N) is 1. The van der Waals surface area contributed by atoms with E-state index in [1.54, 1.807) is 43.0 Å². The number of likely N-dealkylation sites (tertiary alicyclic amines) is 1. The number of primary amides is 1. The lowest BCUT2D eigenvalue weighted by Gasteiger charge is -2.36. The van der Waals surface area contributed by atoms with Gasteiger partial charge in [-0.1, -0.05) is 26.0 Å². The lowest BCUT2D eigenvalue weighted by atomic mass is 9.91. The van der Waals surface area contributed by atoms with Gasteiger partial charge in [-0.05, 0) is 56.2 Å². The van der Waals surface area contributed by atoms with Crippen LogP contribution in [0.1, 0.15) is 52.0 Å². The molecule has 16 nitrogen and oxygen atoms in total. The lowest BCUT2D eigenvalue weighted by molar-refractivity contribution is -0.151. The molecule has 1 aliphatic heterocycles. The number of esters is 1. The highest BCUT2D eigenvalue weighted by Crippen LogP contribution is 2.24. The van der Waals surface area contributed by atoms with Gasteiger partial charge in [0, 0.05) is 24.8 Å². The number of piperidine rings is 1. The molecule has 16 heteroatoms. The minimum absolute atomic E-state index is 0.0279. The fraction of sp³-hybridized carbons (Fsp3) is 0.625. The summed E-state index contributed by atoms with van der Waals surface area (Å²) >= 11 is 0. The van der Waals surface area contributed by atoms with Gasteiger partial charge in [0.15, 0.2) is 0 Å². The van der Waals surface area contributed by atoms with Crippen LogP contribution in [0.15, 0.2) is 24.3 Å². The zero-order valence-electron chi connectivity index (χ0n) is 28.1. The number of nitrogens with one attached hydrogen (secondary N) is 4. The third kappa shape index (κ3) is 13.8. The van der Waals surface area contributed by atoms with Crippen LogP contribution in [0.4, 0.5) is 10.5 Å². The molecule has 4 atom stereocenters. The molecule has 268 valence electrons. The molecule has 7 N–H and O–H groups in total. The van der Waals surface area contributed by atoms with E-state index < -0.39 is 35.8 Å². The Morgan fingerprint density at radius 3 is 2.25 bits per heavy atom. The average molecular weight is 679 g/mol. The van der Waals surface area contributed by atoms with Crippen LogP contribution in [0.5, 0.6) is 0 Å². The van der Waals surface area contributed by atoms with Gasteiger partial charge < -0.3 is 51.2 Å². The maximum atomic E-state index is 13.3. The normalized spacial score (nSPS) is 17.2. The third-order valence-electron chi connectivity index (χ3n) is 7.83. The first-order valence-corrected chi connectivity index (χ1v) is 16.0. The van der Waals surface area contributed by atoms with Crippen LogP contribution in [-0.4, -0.2) is 110 Å². The van der Waals surface area contributed by atoms with Gasteiger partial charge in [0.2, 0.25) is 23.6 Å². The Labute approximate surface area is 280 Å². The second-order valence-corrected chi connectivity index (χ2v) is 11.9. The number of hydrogen-bond donors (Lipinski definition) is 6. The van der Waals surface area contributed by atoms with Crippen LogP contribution < -0.4 is 27.0 Å². The number of carbonyl (C=O) groups excluding carboxylic acids is 6. The average Bonchev–Trinajstić information content (AvgIpc) is 3.05. The monoisotopic (exact) mass is 678 g/mol. The molecule has 1 aliphatic rings. The molecule has 1 fully saturated rings. The fourth-order valence-electron chi connectivity index (χ4n) is 5.17. The summed E-state index contributed by atoms with van der Waals surface area (Å²) in [5, 5.41) is 19.8. The third-order valence-corrected chi connectivity index (χ3v) is 7.83. The van der Waals surface area contributed by atoms with Crippen molar-refractivity contribution in [3.8, 4) is 0 Å². The van der Waals surface area contributed by atoms with Crippen molar-refractivity contribution in [2.75, 3.05) is 51.9 Å². The number of carbonyl (C=O) groups is 6. The topological polar surface area (TPSA) is 228 Å². The molecule has 0 spiro atoms. The maximum absolute atomic E-state index is 13.3. The van der Waals surface area contributed by atoms with Crippen molar-refractivity contribution in [2.45, 2.75) is 71.2 Å². The SMILES string of the molecule is COC(=O)C1CCN(C(=O)COCCOCC(=O)N[C@H](C(=O)N[C@@H](CCCNC(N)=O)C(=O)Nc2ccc(CO)cc2)C(C)C)C(C)C1. The number of urea groups is 1. The van der Waals surface area contributed by atoms with Gasteiger partial charge in [0.05, 0.1) is 32.8 Å². The van der Waals surface area contributed by atoms with Gasteiger partial charge in [-0.3, -0.25) is 24.0 Å². The Morgan fingerprint density at radius 1 is 1.00 bits per heavy atom. The van der Waals surface area contributed by atoms with Gasteiger partial charge in [0.25, 0.3) is 0 Å². The number of benzene rings is 1. The minimum atomic E-state index is -0.999. The summed E-state index contributed by atoms with van der Waals surface area (Å²) in [5.41, 5.74) is 6.24. The van der Waals surface area contributed by atoms with Crippen LogP contribution in [0.25, 0.3) is 0 Å². The number of rotatable bonds is 19. The number of ether oxygens (including phenoxy) is 3. The van der Waals surface area contributed by atoms with E-state index in [4.69, 9.17) is 19.9 Å². The van der Waals surface area contributed by atoms with E-state index in [9.17, 15) is 33.9 Å². The summed E-state index contributed by atoms with van der Waals surface area (Å²) in [7, 11) is 1.35. The first-order valence-electron chi connectivity index (χ1n) is 16.0. The number of hydrogen-bond acceptors (Lipinski definition) is 10. The largest absolute Gasteiger partial charge is 0.469 e. The molecule has 0 aromatic heterocycles. The predicted molar refractivity (Wildman–Crippen MR) is 174 cm³/mol. The summed E-state index contributed by atoms with van der Waals surface area (Å²) in [6.07, 6.45) is 1.55. The second kappa shape index (κ2) is 20.8. The molecular weight excluding hydrogens is 628 g/mol. The molecule has 48 heavy (non-hydrogen) atoms. The van der Waals surface area contributed by atoms with Crippen LogP contribution in [0.2, 0.25) is 0 Å². The molecule has 1 saturated heterocycles. The number of aliphatic hydroxyl groups excluding tert-OH is 1. The number of anilines is 1. The van der Waals surface area contributed by atoms with Crippen molar-refractivity contribution in [1.82, 2.24) is 20.9 Å². The minimum Gasteiger partial charge on any atom is -0.469 e. The molecule has 1 aromatic carbocycles. The molecule has 0 radical (unpaired) electrons. The summed E-state index contributed by atoms with van der Waals surface area (Å²) in [6.45, 7) is 5.38. The Hall–Kier alpha value is -4.28. The van der Waals surface area contributed by atoms with Gasteiger partial charge in [-0.25, -0.2) is 4.79 Å². The Morgan fingerprint density at radius 2 is 1.67 bits per heavy atom. The van der Waals surface area contributed by atoms with Crippen molar-refractivity contribution in [2.24, 2.45) is 17.6 Å². The van der Waals surface area contributed by atoms with Gasteiger partial charge in [-0.2, -0.15) is 0 Å². The molecule has 2 unspecified atom stereocenters. The molecular formula is C32H50N6O10. The molecule has 0 bridgehead atoms. The first kappa shape index (κ1) is 39.9. The van der Waals surface area contributed by atoms with E-state index in [0.717, 1.165) is 0 Å². The van der Waals surface area contributed by atoms with E-state index in [1.165, 1.54) is 7.11 Å². The highest BCUT2D eigenvalue weighted by atomic mass is 16.5. The highest BCUT2D eigenvalue weighted by molar-refractivity contribution is 5.98. The number of methoxy groups -OCH3 is 1. The second-order valence-electron chi connectivity index (χ2n) is 11.9. The summed E-state index contributed by atoms with van der Waals surface area (Å²) in [4.78, 5) is 76.1. The lowest BCUT2D eigenvalue weighted by Crippen LogP contribution is -2.55. The van der Waals surface area contributed by atoms with E-state index in [-0.39, 0.29) is 75.8 Å². The fourth-order valence-corrected chi connectivity index (χ4v) is 5.17. The summed E-state index contributed by atoms with van der Waals surface area (Å²) in [5.74, 6) is -2.68. The molecule has 0 aliphatic carbocycles. The van der Waals surface area contributed by atoms with Gasteiger partial charge in [0.1, 0.15) is 25.3 Å².